The number of nitrogens with zero attached hydrogens (tertiary/aromatic N) is 6. The van der Waals surface area contributed by atoms with Gasteiger partial charge in [-0.1, -0.05) is 61.9 Å². The monoisotopic (exact) mass is 465 g/mol. The van der Waals surface area contributed by atoms with Crippen LogP contribution in [0.25, 0.3) is 22.5 Å². The maximum atomic E-state index is 11.7. The number of unbranched alkanes of at least 4 members (excludes halogenated alkanes) is 1. The van der Waals surface area contributed by atoms with Crippen LogP contribution < -0.4 is 4.90 Å². The summed E-state index contributed by atoms with van der Waals surface area (Å²) in [5, 5.41) is 23.7. The summed E-state index contributed by atoms with van der Waals surface area (Å²) in [6.45, 7) is 3.36. The Kier molecular flexibility index (Phi) is 8.04. The highest BCUT2D eigenvalue weighted by molar-refractivity contribution is 5.92. The summed E-state index contributed by atoms with van der Waals surface area (Å²) in [5.74, 6) is 0.0181. The molecule has 0 unspecified atom stereocenters. The first kappa shape index (κ1) is 23.8. The summed E-state index contributed by atoms with van der Waals surface area (Å²) in [5.41, 5.74) is 4.13. The zero-order chi connectivity index (χ0) is 22.3. The maximum Gasteiger partial charge on any atom is 0.341 e. The SMILES string of the molecule is CCCCN(Cc1ccc(-c2ccccc2-c2nnn[nH]2)cc1)c1ncncc1C(=O)O.Cl. The van der Waals surface area contributed by atoms with Gasteiger partial charge < -0.3 is 10.0 Å². The van der Waals surface area contributed by atoms with Crippen molar-refractivity contribution >= 4 is 24.2 Å². The van der Waals surface area contributed by atoms with Crippen molar-refractivity contribution < 1.29 is 9.90 Å². The molecule has 10 heteroatoms. The number of carboxylic acids is 1. The lowest BCUT2D eigenvalue weighted by Crippen LogP contribution is -2.27. The lowest BCUT2D eigenvalue weighted by atomic mass is 9.98. The molecule has 4 rings (SSSR count). The number of carboxylic acid groups (broad SMARTS) is 1. The van der Waals surface area contributed by atoms with E-state index in [-0.39, 0.29) is 18.0 Å². The van der Waals surface area contributed by atoms with E-state index >= 15 is 0 Å². The minimum atomic E-state index is -1.03. The van der Waals surface area contributed by atoms with Crippen molar-refractivity contribution in [2.24, 2.45) is 0 Å². The van der Waals surface area contributed by atoms with Crippen LogP contribution in [0.1, 0.15) is 35.7 Å². The zero-order valence-corrected chi connectivity index (χ0v) is 18.9. The van der Waals surface area contributed by atoms with Crippen molar-refractivity contribution in [1.82, 2.24) is 30.6 Å². The highest BCUT2D eigenvalue weighted by Gasteiger charge is 2.18. The molecule has 2 aromatic heterocycles. The van der Waals surface area contributed by atoms with Crippen LogP contribution in [0.15, 0.2) is 61.1 Å². The van der Waals surface area contributed by atoms with Crippen molar-refractivity contribution in [1.29, 1.82) is 0 Å². The van der Waals surface area contributed by atoms with Crippen molar-refractivity contribution in [3.63, 3.8) is 0 Å². The van der Waals surface area contributed by atoms with E-state index in [0.717, 1.165) is 35.1 Å². The fourth-order valence-corrected chi connectivity index (χ4v) is 3.56. The van der Waals surface area contributed by atoms with Gasteiger partial charge in [-0.25, -0.2) is 19.9 Å². The molecule has 0 spiro atoms. The molecule has 2 N–H and O–H groups in total. The van der Waals surface area contributed by atoms with Crippen LogP contribution >= 0.6 is 12.4 Å². The highest BCUT2D eigenvalue weighted by atomic mass is 35.5. The Morgan fingerprint density at radius 3 is 2.52 bits per heavy atom. The molecule has 0 saturated carbocycles. The standard InChI is InChI=1S/C23H23N7O2.ClH/c1-2-3-12-30(22-20(23(31)32)13-24-15-25-22)14-16-8-10-17(11-9-16)18-6-4-5-7-19(18)21-26-28-29-27-21;/h4-11,13,15H,2-3,12,14H2,1H3,(H,31,32)(H,26,27,28,29);1H. The predicted molar refractivity (Wildman–Crippen MR) is 127 cm³/mol. The van der Waals surface area contributed by atoms with E-state index in [1.807, 2.05) is 53.4 Å². The summed E-state index contributed by atoms with van der Waals surface area (Å²) in [7, 11) is 0. The Bertz CT molecular complexity index is 1180. The number of tetrazole rings is 1. The lowest BCUT2D eigenvalue weighted by molar-refractivity contribution is 0.0696. The molecule has 4 aromatic rings. The van der Waals surface area contributed by atoms with Crippen LogP contribution in [0.4, 0.5) is 5.82 Å². The first-order chi connectivity index (χ1) is 15.7. The van der Waals surface area contributed by atoms with Gasteiger partial charge in [0.25, 0.3) is 0 Å². The summed E-state index contributed by atoms with van der Waals surface area (Å²) in [4.78, 5) is 21.8. The largest absolute Gasteiger partial charge is 0.477 e. The van der Waals surface area contributed by atoms with Gasteiger partial charge in [-0.05, 0) is 33.5 Å². The average Bonchev–Trinajstić information content (AvgIpc) is 3.37. The predicted octanol–water partition coefficient (Wildman–Crippen LogP) is 4.25. The summed E-state index contributed by atoms with van der Waals surface area (Å²) >= 11 is 0. The Morgan fingerprint density at radius 1 is 1.09 bits per heavy atom. The van der Waals surface area contributed by atoms with Crippen molar-refractivity contribution in [2.45, 2.75) is 26.3 Å². The van der Waals surface area contributed by atoms with Crippen molar-refractivity contribution in [3.8, 4) is 22.5 Å². The molecule has 0 amide bonds. The zero-order valence-electron chi connectivity index (χ0n) is 18.0. The van der Waals surface area contributed by atoms with Crippen LogP contribution in [0, 0.1) is 0 Å². The first-order valence-corrected chi connectivity index (χ1v) is 10.4. The number of nitrogens with one attached hydrogen (secondary N) is 1. The number of H-pyrrole nitrogens is 1. The van der Waals surface area contributed by atoms with Gasteiger partial charge in [0.1, 0.15) is 17.7 Å². The van der Waals surface area contributed by atoms with Gasteiger partial charge in [0.15, 0.2) is 5.82 Å². The quantitative estimate of drug-likeness (QED) is 0.376. The minimum Gasteiger partial charge on any atom is -0.477 e. The smallest absolute Gasteiger partial charge is 0.341 e. The molecule has 2 aromatic carbocycles. The number of hydrogen-bond acceptors (Lipinski definition) is 7. The topological polar surface area (TPSA) is 121 Å². The van der Waals surface area contributed by atoms with E-state index in [4.69, 9.17) is 0 Å². The second-order valence-corrected chi connectivity index (χ2v) is 7.33. The van der Waals surface area contributed by atoms with Crippen LogP contribution in [-0.4, -0.2) is 48.2 Å². The van der Waals surface area contributed by atoms with Crippen LogP contribution in [-0.2, 0) is 6.54 Å². The number of halogens is 1. The van der Waals surface area contributed by atoms with Gasteiger partial charge in [0.05, 0.1) is 0 Å². The normalized spacial score (nSPS) is 10.5. The Labute approximate surface area is 197 Å². The number of aromatic carboxylic acids is 1. The van der Waals surface area contributed by atoms with Crippen LogP contribution in [0.3, 0.4) is 0 Å². The summed E-state index contributed by atoms with van der Waals surface area (Å²) < 4.78 is 0. The number of aromatic amines is 1. The third-order valence-electron chi connectivity index (χ3n) is 5.17. The molecule has 0 saturated heterocycles. The van der Waals surface area contributed by atoms with E-state index < -0.39 is 5.97 Å². The lowest BCUT2D eigenvalue weighted by Gasteiger charge is -2.25. The Morgan fingerprint density at radius 2 is 1.85 bits per heavy atom. The summed E-state index contributed by atoms with van der Waals surface area (Å²) in [6, 6.07) is 16.1. The van der Waals surface area contributed by atoms with Gasteiger partial charge >= 0.3 is 5.97 Å². The molecule has 9 nitrogen and oxygen atoms in total. The number of hydrogen-bond donors (Lipinski definition) is 2. The first-order valence-electron chi connectivity index (χ1n) is 10.4. The molecule has 0 fully saturated rings. The molecule has 0 radical (unpaired) electrons. The van der Waals surface area contributed by atoms with E-state index in [2.05, 4.69) is 37.5 Å². The Hall–Kier alpha value is -3.85. The van der Waals surface area contributed by atoms with E-state index in [1.54, 1.807) is 0 Å². The fourth-order valence-electron chi connectivity index (χ4n) is 3.56. The van der Waals surface area contributed by atoms with E-state index in [9.17, 15) is 9.90 Å². The fraction of sp³-hybridized carbons (Fsp3) is 0.217. The minimum absolute atomic E-state index is 0. The number of benzene rings is 2. The summed E-state index contributed by atoms with van der Waals surface area (Å²) in [6.07, 6.45) is 4.66. The second kappa shape index (κ2) is 11.1. The van der Waals surface area contributed by atoms with Gasteiger partial charge in [-0.2, -0.15) is 0 Å². The molecule has 0 aliphatic heterocycles. The van der Waals surface area contributed by atoms with E-state index in [1.165, 1.54) is 12.5 Å². The van der Waals surface area contributed by atoms with Gasteiger partial charge in [-0.3, -0.25) is 0 Å². The van der Waals surface area contributed by atoms with E-state index in [0.29, 0.717) is 24.7 Å². The molecule has 2 heterocycles. The van der Waals surface area contributed by atoms with Gasteiger partial charge in [-0.15, -0.1) is 17.5 Å². The average molecular weight is 466 g/mol. The van der Waals surface area contributed by atoms with Crippen LogP contribution in [0.2, 0.25) is 0 Å². The Balaban J connectivity index is 0.00000306. The van der Waals surface area contributed by atoms with Crippen molar-refractivity contribution in [3.05, 3.63) is 72.2 Å². The molecule has 0 atom stereocenters. The molecule has 33 heavy (non-hydrogen) atoms. The molecule has 0 aliphatic carbocycles. The third-order valence-corrected chi connectivity index (χ3v) is 5.17. The van der Waals surface area contributed by atoms with Crippen molar-refractivity contribution in [2.75, 3.05) is 11.4 Å². The number of aromatic nitrogens is 6. The van der Waals surface area contributed by atoms with Crippen LogP contribution in [0.5, 0.6) is 0 Å². The molecule has 0 bridgehead atoms. The molecule has 0 aliphatic rings. The number of anilines is 1. The number of rotatable bonds is 9. The molecular formula is C23H24ClN7O2. The highest BCUT2D eigenvalue weighted by Crippen LogP contribution is 2.30. The maximum absolute atomic E-state index is 11.7. The molecular weight excluding hydrogens is 442 g/mol. The van der Waals surface area contributed by atoms with Gasteiger partial charge in [0.2, 0.25) is 0 Å². The number of carbonyl (C=O) groups is 1. The third kappa shape index (κ3) is 5.50. The molecule has 170 valence electrons. The van der Waals surface area contributed by atoms with Gasteiger partial charge in [0, 0.05) is 24.8 Å². The second-order valence-electron chi connectivity index (χ2n) is 7.33.